The van der Waals surface area contributed by atoms with E-state index in [9.17, 15) is 5.26 Å². The highest BCUT2D eigenvalue weighted by atomic mass is 35.5. The summed E-state index contributed by atoms with van der Waals surface area (Å²) >= 11 is 6.01. The molecule has 0 bridgehead atoms. The number of hydrogen-bond acceptors (Lipinski definition) is 3. The lowest BCUT2D eigenvalue weighted by Crippen LogP contribution is -2.02. The van der Waals surface area contributed by atoms with Crippen molar-refractivity contribution in [2.45, 2.75) is 31.6 Å². The monoisotopic (exact) mass is 286 g/mol. The molecule has 0 aliphatic heterocycles. The minimum absolute atomic E-state index is 0.354. The van der Waals surface area contributed by atoms with Crippen LogP contribution in [-0.2, 0) is 0 Å². The van der Waals surface area contributed by atoms with E-state index in [-0.39, 0.29) is 0 Å². The zero-order chi connectivity index (χ0) is 14.1. The summed E-state index contributed by atoms with van der Waals surface area (Å²) in [7, 11) is 0. The van der Waals surface area contributed by atoms with Gasteiger partial charge in [-0.1, -0.05) is 30.5 Å². The molecule has 1 aliphatic carbocycles. The number of rotatable bonds is 2. The fraction of sp³-hybridized carbons (Fsp3) is 0.333. The smallest absolute Gasteiger partial charge is 0.145 e. The molecule has 20 heavy (non-hydrogen) atoms. The van der Waals surface area contributed by atoms with E-state index in [1.807, 2.05) is 12.1 Å². The van der Waals surface area contributed by atoms with Crippen LogP contribution in [0.25, 0.3) is 5.69 Å². The highest BCUT2D eigenvalue weighted by Gasteiger charge is 2.26. The number of hydrogen-bond donors (Lipinski definition) is 1. The maximum absolute atomic E-state index is 9.37. The first kappa shape index (κ1) is 13.0. The van der Waals surface area contributed by atoms with E-state index in [0.717, 1.165) is 24.2 Å². The zero-order valence-electron chi connectivity index (χ0n) is 11.0. The Bertz CT molecular complexity index is 678. The van der Waals surface area contributed by atoms with E-state index in [1.54, 1.807) is 16.8 Å². The number of aromatic nitrogens is 2. The molecule has 102 valence electrons. The van der Waals surface area contributed by atoms with Crippen LogP contribution >= 0.6 is 11.6 Å². The van der Waals surface area contributed by atoms with Crippen LogP contribution < -0.4 is 5.73 Å². The third kappa shape index (κ3) is 2.14. The number of nitrogen functional groups attached to an aromatic ring is 1. The van der Waals surface area contributed by atoms with Crippen molar-refractivity contribution in [2.24, 2.45) is 0 Å². The first-order chi connectivity index (χ1) is 9.70. The maximum Gasteiger partial charge on any atom is 0.145 e. The molecule has 5 heteroatoms. The Morgan fingerprint density at radius 1 is 1.35 bits per heavy atom. The maximum atomic E-state index is 9.37. The molecule has 1 fully saturated rings. The van der Waals surface area contributed by atoms with Gasteiger partial charge in [0.05, 0.1) is 11.4 Å². The molecule has 0 amide bonds. The average molecular weight is 287 g/mol. The lowest BCUT2D eigenvalue weighted by Gasteiger charge is -2.05. The number of benzene rings is 1. The molecular formula is C15H15ClN4. The van der Waals surface area contributed by atoms with Crippen molar-refractivity contribution in [1.29, 1.82) is 5.26 Å². The van der Waals surface area contributed by atoms with Gasteiger partial charge in [0.2, 0.25) is 0 Å². The number of nitriles is 1. The molecule has 0 radical (unpaired) electrons. The standard InChI is InChI=1S/C15H15ClN4/c16-11-6-3-7-12(8-11)20-15(18)13(9-17)14(19-20)10-4-1-2-5-10/h3,6-8,10H,1-2,4-5,18H2. The van der Waals surface area contributed by atoms with E-state index in [0.29, 0.717) is 22.3 Å². The summed E-state index contributed by atoms with van der Waals surface area (Å²) in [5.74, 6) is 0.754. The second-order valence-corrected chi connectivity index (χ2v) is 5.57. The summed E-state index contributed by atoms with van der Waals surface area (Å²) in [4.78, 5) is 0. The Balaban J connectivity index is 2.11. The largest absolute Gasteiger partial charge is 0.382 e. The fourth-order valence-corrected chi connectivity index (χ4v) is 3.04. The summed E-state index contributed by atoms with van der Waals surface area (Å²) in [6, 6.07) is 9.53. The molecule has 0 saturated heterocycles. The van der Waals surface area contributed by atoms with E-state index < -0.39 is 0 Å². The number of nitrogens with two attached hydrogens (primary N) is 1. The van der Waals surface area contributed by atoms with Crippen molar-refractivity contribution in [3.63, 3.8) is 0 Å². The van der Waals surface area contributed by atoms with Gasteiger partial charge in [0.25, 0.3) is 0 Å². The number of nitrogens with zero attached hydrogens (tertiary/aromatic N) is 3. The number of anilines is 1. The van der Waals surface area contributed by atoms with Crippen LogP contribution in [0.15, 0.2) is 24.3 Å². The molecule has 2 N–H and O–H groups in total. The van der Waals surface area contributed by atoms with Gasteiger partial charge < -0.3 is 5.73 Å². The molecule has 1 saturated carbocycles. The minimum atomic E-state index is 0.354. The summed E-state index contributed by atoms with van der Waals surface area (Å²) in [5.41, 5.74) is 8.23. The predicted octanol–water partition coefficient (Wildman–Crippen LogP) is 3.64. The average Bonchev–Trinajstić information content (AvgIpc) is 3.05. The lowest BCUT2D eigenvalue weighted by molar-refractivity contribution is 0.678. The van der Waals surface area contributed by atoms with Crippen LogP contribution in [0.3, 0.4) is 0 Å². The van der Waals surface area contributed by atoms with Crippen LogP contribution in [0.1, 0.15) is 42.9 Å². The van der Waals surface area contributed by atoms with Crippen LogP contribution in [0.2, 0.25) is 5.02 Å². The first-order valence-corrected chi connectivity index (χ1v) is 7.13. The molecule has 1 heterocycles. The topological polar surface area (TPSA) is 67.6 Å². The molecule has 4 nitrogen and oxygen atoms in total. The van der Waals surface area contributed by atoms with Crippen molar-refractivity contribution < 1.29 is 0 Å². The Morgan fingerprint density at radius 3 is 2.75 bits per heavy atom. The van der Waals surface area contributed by atoms with E-state index >= 15 is 0 Å². The SMILES string of the molecule is N#Cc1c(C2CCCC2)nn(-c2cccc(Cl)c2)c1N. The van der Waals surface area contributed by atoms with Crippen LogP contribution in [0, 0.1) is 11.3 Å². The van der Waals surface area contributed by atoms with Crippen molar-refractivity contribution in [3.8, 4) is 11.8 Å². The van der Waals surface area contributed by atoms with Crippen LogP contribution in [0.5, 0.6) is 0 Å². The second-order valence-electron chi connectivity index (χ2n) is 5.13. The van der Waals surface area contributed by atoms with Crippen LogP contribution in [0.4, 0.5) is 5.82 Å². The molecule has 2 aromatic rings. The van der Waals surface area contributed by atoms with Gasteiger partial charge >= 0.3 is 0 Å². The normalized spacial score (nSPS) is 15.4. The molecular weight excluding hydrogens is 272 g/mol. The Morgan fingerprint density at radius 2 is 2.10 bits per heavy atom. The first-order valence-electron chi connectivity index (χ1n) is 6.75. The highest BCUT2D eigenvalue weighted by Crippen LogP contribution is 2.37. The molecule has 1 aliphatic rings. The Kier molecular flexibility index (Phi) is 3.37. The summed E-state index contributed by atoms with van der Waals surface area (Å²) in [5, 5.41) is 14.6. The van der Waals surface area contributed by atoms with Gasteiger partial charge in [-0.3, -0.25) is 0 Å². The fourth-order valence-electron chi connectivity index (χ4n) is 2.85. The van der Waals surface area contributed by atoms with Gasteiger partial charge in [-0.15, -0.1) is 0 Å². The van der Waals surface area contributed by atoms with Gasteiger partial charge in [-0.2, -0.15) is 10.4 Å². The molecule has 0 spiro atoms. The highest BCUT2D eigenvalue weighted by molar-refractivity contribution is 6.30. The van der Waals surface area contributed by atoms with E-state index in [1.165, 1.54) is 12.8 Å². The van der Waals surface area contributed by atoms with Gasteiger partial charge in [0.15, 0.2) is 0 Å². The molecule has 1 aromatic carbocycles. The summed E-state index contributed by atoms with van der Waals surface area (Å²) in [6.07, 6.45) is 4.56. The lowest BCUT2D eigenvalue weighted by atomic mass is 10.0. The van der Waals surface area contributed by atoms with Gasteiger partial charge in [0.1, 0.15) is 17.5 Å². The van der Waals surface area contributed by atoms with E-state index in [4.69, 9.17) is 17.3 Å². The molecule has 1 aromatic heterocycles. The van der Waals surface area contributed by atoms with Gasteiger partial charge in [-0.05, 0) is 31.0 Å². The zero-order valence-corrected chi connectivity index (χ0v) is 11.8. The molecule has 0 unspecified atom stereocenters. The Labute approximate surface area is 122 Å². The summed E-state index contributed by atoms with van der Waals surface area (Å²) < 4.78 is 1.62. The van der Waals surface area contributed by atoms with Gasteiger partial charge in [0, 0.05) is 10.9 Å². The predicted molar refractivity (Wildman–Crippen MR) is 78.9 cm³/mol. The van der Waals surface area contributed by atoms with Crippen molar-refractivity contribution >= 4 is 17.4 Å². The van der Waals surface area contributed by atoms with E-state index in [2.05, 4.69) is 11.2 Å². The van der Waals surface area contributed by atoms with Crippen molar-refractivity contribution in [2.75, 3.05) is 5.73 Å². The van der Waals surface area contributed by atoms with Crippen molar-refractivity contribution in [3.05, 3.63) is 40.5 Å². The number of halogens is 1. The Hall–Kier alpha value is -1.99. The van der Waals surface area contributed by atoms with Gasteiger partial charge in [-0.25, -0.2) is 4.68 Å². The summed E-state index contributed by atoms with van der Waals surface area (Å²) in [6.45, 7) is 0. The minimum Gasteiger partial charge on any atom is -0.382 e. The van der Waals surface area contributed by atoms with Crippen molar-refractivity contribution in [1.82, 2.24) is 9.78 Å². The molecule has 0 atom stereocenters. The van der Waals surface area contributed by atoms with Crippen LogP contribution in [-0.4, -0.2) is 9.78 Å². The third-order valence-electron chi connectivity index (χ3n) is 3.85. The third-order valence-corrected chi connectivity index (χ3v) is 4.09. The quantitative estimate of drug-likeness (QED) is 0.916. The second kappa shape index (κ2) is 5.18. The molecule has 3 rings (SSSR count).